The molecule has 1 aromatic heterocycles. The molecule has 2 heterocycles. The number of piperidine rings is 1. The number of nitrogens with one attached hydrogen (secondary N) is 2. The number of likely N-dealkylation sites (tertiary alicyclic amines) is 1. The molecule has 1 fully saturated rings. The van der Waals surface area contributed by atoms with Crippen LogP contribution in [0.15, 0.2) is 18.5 Å². The van der Waals surface area contributed by atoms with Crippen LogP contribution < -0.4 is 10.6 Å². The van der Waals surface area contributed by atoms with Crippen LogP contribution in [0.2, 0.25) is 0 Å². The molecule has 0 aromatic carbocycles. The number of carbonyl (C=O) groups is 3. The van der Waals surface area contributed by atoms with Crippen LogP contribution in [0.25, 0.3) is 0 Å². The lowest BCUT2D eigenvalue weighted by Gasteiger charge is -2.42. The number of halogens is 4. The predicted octanol–water partition coefficient (Wildman–Crippen LogP) is 1.69. The van der Waals surface area contributed by atoms with Gasteiger partial charge < -0.3 is 10.6 Å². The van der Waals surface area contributed by atoms with Gasteiger partial charge in [-0.05, 0) is 39.3 Å². The van der Waals surface area contributed by atoms with E-state index in [1.165, 1.54) is 6.20 Å². The smallest absolute Gasteiger partial charge is 0.347 e. The average molecular weight is 432 g/mol. The highest BCUT2D eigenvalue weighted by Crippen LogP contribution is 2.25. The van der Waals surface area contributed by atoms with Crippen molar-refractivity contribution >= 4 is 17.6 Å². The molecule has 0 saturated carbocycles. The first-order valence-electron chi connectivity index (χ1n) is 9.41. The monoisotopic (exact) mass is 432 g/mol. The standard InChI is InChI=1S/C19H24F4N4O3/c1-18(2,17(30)25-9-15(28)13-6-14(20)8-24-7-13)27-5-3-4-12(10-27)16(29)26-11-19(21,22)23/h6-8,12H,3-5,9-11H2,1-2H3,(H,25,30)(H,26,29)/t12-/m0/s1. The molecule has 166 valence electrons. The summed E-state index contributed by atoms with van der Waals surface area (Å²) in [6.45, 7) is 2.04. The van der Waals surface area contributed by atoms with E-state index in [1.54, 1.807) is 18.7 Å². The Labute approximate surface area is 171 Å². The van der Waals surface area contributed by atoms with Gasteiger partial charge in [-0.25, -0.2) is 4.39 Å². The van der Waals surface area contributed by atoms with Gasteiger partial charge in [0.05, 0.1) is 24.2 Å². The van der Waals surface area contributed by atoms with Crippen molar-refractivity contribution in [3.63, 3.8) is 0 Å². The highest BCUT2D eigenvalue weighted by molar-refractivity contribution is 6.00. The zero-order valence-electron chi connectivity index (χ0n) is 16.7. The first kappa shape index (κ1) is 23.7. The van der Waals surface area contributed by atoms with Gasteiger partial charge in [0.1, 0.15) is 12.4 Å². The summed E-state index contributed by atoms with van der Waals surface area (Å²) in [6, 6.07) is 1.02. The molecule has 2 rings (SSSR count). The van der Waals surface area contributed by atoms with E-state index in [-0.39, 0.29) is 18.7 Å². The Morgan fingerprint density at radius 2 is 1.90 bits per heavy atom. The molecule has 0 unspecified atom stereocenters. The first-order valence-corrected chi connectivity index (χ1v) is 9.41. The summed E-state index contributed by atoms with van der Waals surface area (Å²) < 4.78 is 50.1. The largest absolute Gasteiger partial charge is 0.405 e. The number of carbonyl (C=O) groups excluding carboxylic acids is 3. The molecule has 0 bridgehead atoms. The fraction of sp³-hybridized carbons (Fsp3) is 0.579. The van der Waals surface area contributed by atoms with Crippen molar-refractivity contribution in [1.29, 1.82) is 0 Å². The minimum atomic E-state index is -4.49. The molecule has 1 saturated heterocycles. The summed E-state index contributed by atoms with van der Waals surface area (Å²) in [7, 11) is 0. The minimum Gasteiger partial charge on any atom is -0.347 e. The number of hydrogen-bond acceptors (Lipinski definition) is 5. The number of hydrogen-bond donors (Lipinski definition) is 2. The Bertz CT molecular complexity index is 798. The number of aromatic nitrogens is 1. The Hall–Kier alpha value is -2.56. The van der Waals surface area contributed by atoms with Gasteiger partial charge in [-0.15, -0.1) is 0 Å². The SMILES string of the molecule is CC(C)(C(=O)NCC(=O)c1cncc(F)c1)N1CCC[C@H](C(=O)NCC(F)(F)F)C1. The second kappa shape index (κ2) is 9.50. The second-order valence-electron chi connectivity index (χ2n) is 7.67. The zero-order chi connectivity index (χ0) is 22.5. The molecule has 1 aliphatic rings. The lowest BCUT2D eigenvalue weighted by Crippen LogP contribution is -2.59. The first-order chi connectivity index (χ1) is 13.9. The summed E-state index contributed by atoms with van der Waals surface area (Å²) in [6.07, 6.45) is -1.39. The molecule has 30 heavy (non-hydrogen) atoms. The number of nitrogens with zero attached hydrogens (tertiary/aromatic N) is 2. The number of Topliss-reactive ketones (excluding diaryl/α,β-unsaturated/α-hetero) is 1. The van der Waals surface area contributed by atoms with Crippen molar-refractivity contribution in [1.82, 2.24) is 20.5 Å². The molecule has 0 radical (unpaired) electrons. The van der Waals surface area contributed by atoms with E-state index in [1.807, 2.05) is 5.32 Å². The second-order valence-corrected chi connectivity index (χ2v) is 7.67. The third kappa shape index (κ3) is 6.48. The lowest BCUT2D eigenvalue weighted by molar-refractivity contribution is -0.143. The Kier molecular flexibility index (Phi) is 7.51. The molecular weight excluding hydrogens is 408 g/mol. The van der Waals surface area contributed by atoms with Crippen LogP contribution in [-0.4, -0.2) is 65.4 Å². The van der Waals surface area contributed by atoms with Crippen LogP contribution >= 0.6 is 0 Å². The van der Waals surface area contributed by atoms with E-state index in [0.717, 1.165) is 12.3 Å². The van der Waals surface area contributed by atoms with Gasteiger partial charge in [0.2, 0.25) is 11.8 Å². The molecule has 0 aliphatic carbocycles. The molecule has 7 nitrogen and oxygen atoms in total. The van der Waals surface area contributed by atoms with Gasteiger partial charge in [-0.3, -0.25) is 24.3 Å². The summed E-state index contributed by atoms with van der Waals surface area (Å²) in [5.74, 6) is -3.06. The topological polar surface area (TPSA) is 91.4 Å². The zero-order valence-corrected chi connectivity index (χ0v) is 16.7. The molecule has 0 spiro atoms. The van der Waals surface area contributed by atoms with Crippen molar-refractivity contribution in [2.24, 2.45) is 5.92 Å². The molecule has 2 N–H and O–H groups in total. The van der Waals surface area contributed by atoms with Crippen LogP contribution in [0.5, 0.6) is 0 Å². The van der Waals surface area contributed by atoms with Gasteiger partial charge in [0.25, 0.3) is 0 Å². The lowest BCUT2D eigenvalue weighted by atomic mass is 9.91. The fourth-order valence-corrected chi connectivity index (χ4v) is 3.22. The maximum Gasteiger partial charge on any atom is 0.405 e. The molecule has 2 amide bonds. The van der Waals surface area contributed by atoms with Crippen molar-refractivity contribution in [2.75, 3.05) is 26.2 Å². The number of alkyl halides is 3. The third-order valence-corrected chi connectivity index (χ3v) is 5.04. The van der Waals surface area contributed by atoms with Crippen LogP contribution in [0.3, 0.4) is 0 Å². The fourth-order valence-electron chi connectivity index (χ4n) is 3.22. The number of pyridine rings is 1. The van der Waals surface area contributed by atoms with Crippen LogP contribution in [-0.2, 0) is 9.59 Å². The Balaban J connectivity index is 1.93. The van der Waals surface area contributed by atoms with Crippen LogP contribution in [0.4, 0.5) is 17.6 Å². The number of amides is 2. The third-order valence-electron chi connectivity index (χ3n) is 5.04. The molecule has 11 heteroatoms. The van der Waals surface area contributed by atoms with Gasteiger partial charge in [0, 0.05) is 18.3 Å². The van der Waals surface area contributed by atoms with Crippen LogP contribution in [0, 0.1) is 11.7 Å². The molecule has 1 aliphatic heterocycles. The van der Waals surface area contributed by atoms with Crippen molar-refractivity contribution in [3.8, 4) is 0 Å². The van der Waals surface area contributed by atoms with Gasteiger partial charge in [-0.2, -0.15) is 13.2 Å². The molecular formula is C19H24F4N4O3. The predicted molar refractivity (Wildman–Crippen MR) is 99.0 cm³/mol. The van der Waals surface area contributed by atoms with Crippen molar-refractivity contribution in [2.45, 2.75) is 38.4 Å². The summed E-state index contributed by atoms with van der Waals surface area (Å²) in [5, 5.41) is 4.38. The van der Waals surface area contributed by atoms with Crippen molar-refractivity contribution < 1.29 is 31.9 Å². The highest BCUT2D eigenvalue weighted by Gasteiger charge is 2.39. The van der Waals surface area contributed by atoms with Crippen molar-refractivity contribution in [3.05, 3.63) is 29.8 Å². The van der Waals surface area contributed by atoms with Gasteiger partial charge in [-0.1, -0.05) is 0 Å². The van der Waals surface area contributed by atoms with Gasteiger partial charge >= 0.3 is 6.18 Å². The van der Waals surface area contributed by atoms with Gasteiger partial charge in [0.15, 0.2) is 5.78 Å². The maximum atomic E-state index is 13.2. The average Bonchev–Trinajstić information content (AvgIpc) is 2.69. The van der Waals surface area contributed by atoms with E-state index in [0.29, 0.717) is 19.4 Å². The van der Waals surface area contributed by atoms with E-state index < -0.39 is 47.6 Å². The van der Waals surface area contributed by atoms with E-state index in [4.69, 9.17) is 0 Å². The molecule has 1 aromatic rings. The molecule has 1 atom stereocenters. The van der Waals surface area contributed by atoms with E-state index >= 15 is 0 Å². The Morgan fingerprint density at radius 1 is 1.20 bits per heavy atom. The summed E-state index contributed by atoms with van der Waals surface area (Å²) in [4.78, 5) is 42.1. The maximum absolute atomic E-state index is 13.2. The number of rotatable bonds is 7. The normalized spacial score (nSPS) is 18.0. The number of ketones is 1. The highest BCUT2D eigenvalue weighted by atomic mass is 19.4. The van der Waals surface area contributed by atoms with Crippen LogP contribution in [0.1, 0.15) is 37.0 Å². The Morgan fingerprint density at radius 3 is 2.53 bits per heavy atom. The summed E-state index contributed by atoms with van der Waals surface area (Å²) in [5.41, 5.74) is -1.09. The van der Waals surface area contributed by atoms with E-state index in [2.05, 4.69) is 10.3 Å². The minimum absolute atomic E-state index is 0.0208. The summed E-state index contributed by atoms with van der Waals surface area (Å²) >= 11 is 0. The quantitative estimate of drug-likeness (QED) is 0.506. The van der Waals surface area contributed by atoms with E-state index in [9.17, 15) is 31.9 Å².